The molecule has 0 aromatic heterocycles. The zero-order chi connectivity index (χ0) is 11.6. The second kappa shape index (κ2) is 5.02. The van der Waals surface area contributed by atoms with Crippen molar-refractivity contribution in [3.05, 3.63) is 33.4 Å². The minimum atomic E-state index is -0.650. The largest absolute Gasteiger partial charge is 0.389 e. The number of hydrogen-bond acceptors (Lipinski definition) is 2. The highest BCUT2D eigenvalue weighted by atomic mass is 127. The SMILES string of the molecule is CC(O)(Cc1ccc(I)cc1)C1CCOC1. The molecule has 0 bridgehead atoms. The predicted octanol–water partition coefficient (Wildman–Crippen LogP) is 2.62. The first-order valence-corrected chi connectivity index (χ1v) is 6.70. The van der Waals surface area contributed by atoms with Crippen LogP contribution in [0.15, 0.2) is 24.3 Å². The van der Waals surface area contributed by atoms with Crippen molar-refractivity contribution < 1.29 is 9.84 Å². The van der Waals surface area contributed by atoms with E-state index >= 15 is 0 Å². The molecule has 0 amide bonds. The predicted molar refractivity (Wildman–Crippen MR) is 72.4 cm³/mol. The molecular formula is C13H17IO2. The van der Waals surface area contributed by atoms with Gasteiger partial charge >= 0.3 is 0 Å². The van der Waals surface area contributed by atoms with E-state index in [-0.39, 0.29) is 5.92 Å². The summed E-state index contributed by atoms with van der Waals surface area (Å²) >= 11 is 2.29. The first kappa shape index (κ1) is 12.3. The lowest BCUT2D eigenvalue weighted by Crippen LogP contribution is -2.37. The molecule has 3 heteroatoms. The monoisotopic (exact) mass is 332 g/mol. The van der Waals surface area contributed by atoms with Gasteiger partial charge in [0.25, 0.3) is 0 Å². The van der Waals surface area contributed by atoms with Crippen LogP contribution < -0.4 is 0 Å². The number of ether oxygens (including phenoxy) is 1. The molecule has 2 atom stereocenters. The molecule has 1 saturated heterocycles. The zero-order valence-corrected chi connectivity index (χ0v) is 11.6. The van der Waals surface area contributed by atoms with Gasteiger partial charge in [-0.3, -0.25) is 0 Å². The molecular weight excluding hydrogens is 315 g/mol. The number of rotatable bonds is 3. The van der Waals surface area contributed by atoms with E-state index in [4.69, 9.17) is 4.74 Å². The second-order valence-electron chi connectivity index (χ2n) is 4.72. The van der Waals surface area contributed by atoms with Gasteiger partial charge in [0.15, 0.2) is 0 Å². The summed E-state index contributed by atoms with van der Waals surface area (Å²) < 4.78 is 6.57. The lowest BCUT2D eigenvalue weighted by atomic mass is 9.83. The van der Waals surface area contributed by atoms with Crippen LogP contribution in [0.25, 0.3) is 0 Å². The Labute approximate surface area is 110 Å². The Hall–Kier alpha value is -0.130. The van der Waals surface area contributed by atoms with Crippen LogP contribution in [0.4, 0.5) is 0 Å². The average molecular weight is 332 g/mol. The molecule has 1 N–H and O–H groups in total. The highest BCUT2D eigenvalue weighted by Crippen LogP contribution is 2.29. The van der Waals surface area contributed by atoms with Gasteiger partial charge in [-0.05, 0) is 53.6 Å². The number of halogens is 1. The Morgan fingerprint density at radius 3 is 2.69 bits per heavy atom. The van der Waals surface area contributed by atoms with Crippen molar-refractivity contribution in [1.29, 1.82) is 0 Å². The molecule has 2 unspecified atom stereocenters. The third-order valence-electron chi connectivity index (χ3n) is 3.28. The first-order valence-electron chi connectivity index (χ1n) is 5.62. The molecule has 1 fully saturated rings. The fourth-order valence-corrected chi connectivity index (χ4v) is 2.54. The van der Waals surface area contributed by atoms with E-state index in [1.165, 1.54) is 9.13 Å². The summed E-state index contributed by atoms with van der Waals surface area (Å²) in [5.41, 5.74) is 0.542. The summed E-state index contributed by atoms with van der Waals surface area (Å²) in [5, 5.41) is 10.5. The van der Waals surface area contributed by atoms with E-state index < -0.39 is 5.60 Å². The highest BCUT2D eigenvalue weighted by Gasteiger charge is 2.34. The van der Waals surface area contributed by atoms with E-state index in [0.717, 1.165) is 13.0 Å². The van der Waals surface area contributed by atoms with Gasteiger partial charge in [-0.2, -0.15) is 0 Å². The molecule has 88 valence electrons. The minimum absolute atomic E-state index is 0.270. The van der Waals surface area contributed by atoms with E-state index in [9.17, 15) is 5.11 Å². The molecule has 0 radical (unpaired) electrons. The summed E-state index contributed by atoms with van der Waals surface area (Å²) in [5.74, 6) is 0.270. The standard InChI is InChI=1S/C13H17IO2/c1-13(15,11-6-7-16-9-11)8-10-2-4-12(14)5-3-10/h2-5,11,15H,6-9H2,1H3. The lowest BCUT2D eigenvalue weighted by Gasteiger charge is -2.29. The number of hydrogen-bond donors (Lipinski definition) is 1. The van der Waals surface area contributed by atoms with Gasteiger partial charge in [-0.1, -0.05) is 12.1 Å². The fraction of sp³-hybridized carbons (Fsp3) is 0.538. The molecule has 16 heavy (non-hydrogen) atoms. The third kappa shape index (κ3) is 2.96. The molecule has 0 aliphatic carbocycles. The average Bonchev–Trinajstić information content (AvgIpc) is 2.75. The van der Waals surface area contributed by atoms with Crippen molar-refractivity contribution in [3.8, 4) is 0 Å². The summed E-state index contributed by atoms with van der Waals surface area (Å²) in [4.78, 5) is 0. The Morgan fingerprint density at radius 2 is 2.12 bits per heavy atom. The number of aliphatic hydroxyl groups is 1. The zero-order valence-electron chi connectivity index (χ0n) is 9.45. The minimum Gasteiger partial charge on any atom is -0.389 e. The highest BCUT2D eigenvalue weighted by molar-refractivity contribution is 14.1. The normalized spacial score (nSPS) is 24.3. The summed E-state index contributed by atoms with van der Waals surface area (Å²) in [7, 11) is 0. The Kier molecular flexibility index (Phi) is 3.87. The number of benzene rings is 1. The molecule has 1 heterocycles. The van der Waals surface area contributed by atoms with Crippen molar-refractivity contribution in [2.24, 2.45) is 5.92 Å². The molecule has 1 aliphatic heterocycles. The fourth-order valence-electron chi connectivity index (χ4n) is 2.18. The van der Waals surface area contributed by atoms with Crippen molar-refractivity contribution in [2.45, 2.75) is 25.4 Å². The molecule has 1 aliphatic rings. The van der Waals surface area contributed by atoms with Crippen LogP contribution in [0.1, 0.15) is 18.9 Å². The molecule has 1 aromatic carbocycles. The Bertz CT molecular complexity index is 339. The summed E-state index contributed by atoms with van der Waals surface area (Å²) in [6.07, 6.45) is 1.68. The van der Waals surface area contributed by atoms with Crippen LogP contribution in [0.5, 0.6) is 0 Å². The van der Waals surface area contributed by atoms with Crippen LogP contribution >= 0.6 is 22.6 Å². The van der Waals surface area contributed by atoms with Crippen molar-refractivity contribution in [1.82, 2.24) is 0 Å². The lowest BCUT2D eigenvalue weighted by molar-refractivity contribution is -0.00454. The van der Waals surface area contributed by atoms with Gasteiger partial charge < -0.3 is 9.84 Å². The van der Waals surface area contributed by atoms with E-state index in [1.54, 1.807) is 0 Å². The molecule has 2 nitrogen and oxygen atoms in total. The van der Waals surface area contributed by atoms with Crippen LogP contribution in [0, 0.1) is 9.49 Å². The van der Waals surface area contributed by atoms with Crippen molar-refractivity contribution >= 4 is 22.6 Å². The maximum absolute atomic E-state index is 10.5. The van der Waals surface area contributed by atoms with E-state index in [2.05, 4.69) is 46.9 Å². The van der Waals surface area contributed by atoms with Gasteiger partial charge in [0.1, 0.15) is 0 Å². The van der Waals surface area contributed by atoms with E-state index in [1.807, 2.05) is 6.92 Å². The Balaban J connectivity index is 2.04. The molecule has 1 aromatic rings. The van der Waals surface area contributed by atoms with Gasteiger partial charge in [0, 0.05) is 22.5 Å². The summed E-state index contributed by atoms with van der Waals surface area (Å²) in [6, 6.07) is 8.34. The quantitative estimate of drug-likeness (QED) is 0.863. The van der Waals surface area contributed by atoms with Gasteiger partial charge in [0.2, 0.25) is 0 Å². The molecule has 2 rings (SSSR count). The third-order valence-corrected chi connectivity index (χ3v) is 4.00. The topological polar surface area (TPSA) is 29.5 Å². The Morgan fingerprint density at radius 1 is 1.44 bits per heavy atom. The first-order chi connectivity index (χ1) is 7.58. The van der Waals surface area contributed by atoms with Gasteiger partial charge in [0.05, 0.1) is 12.2 Å². The van der Waals surface area contributed by atoms with Crippen LogP contribution in [0.3, 0.4) is 0 Å². The maximum Gasteiger partial charge on any atom is 0.0710 e. The molecule has 0 spiro atoms. The van der Waals surface area contributed by atoms with Crippen molar-refractivity contribution in [2.75, 3.05) is 13.2 Å². The van der Waals surface area contributed by atoms with Crippen molar-refractivity contribution in [3.63, 3.8) is 0 Å². The maximum atomic E-state index is 10.5. The van der Waals surface area contributed by atoms with E-state index in [0.29, 0.717) is 13.0 Å². The molecule has 0 saturated carbocycles. The smallest absolute Gasteiger partial charge is 0.0710 e. The van der Waals surface area contributed by atoms with Crippen LogP contribution in [0.2, 0.25) is 0 Å². The van der Waals surface area contributed by atoms with Crippen LogP contribution in [-0.2, 0) is 11.2 Å². The second-order valence-corrected chi connectivity index (χ2v) is 5.97. The summed E-state index contributed by atoms with van der Waals surface area (Å²) in [6.45, 7) is 3.40. The van der Waals surface area contributed by atoms with Gasteiger partial charge in [-0.25, -0.2) is 0 Å². The van der Waals surface area contributed by atoms with Crippen LogP contribution in [-0.4, -0.2) is 23.9 Å². The van der Waals surface area contributed by atoms with Gasteiger partial charge in [-0.15, -0.1) is 0 Å².